The van der Waals surface area contributed by atoms with Crippen LogP contribution in [0.15, 0.2) is 71.6 Å². The van der Waals surface area contributed by atoms with Gasteiger partial charge in [-0.2, -0.15) is 0 Å². The summed E-state index contributed by atoms with van der Waals surface area (Å²) in [6.07, 6.45) is 2.08. The van der Waals surface area contributed by atoms with E-state index in [9.17, 15) is 4.79 Å². The molecule has 0 saturated carbocycles. The van der Waals surface area contributed by atoms with Crippen LogP contribution in [0.1, 0.15) is 41.7 Å². The number of nitrogens with zero attached hydrogens (tertiary/aromatic N) is 1. The molecular weight excluding hydrogens is 495 g/mol. The number of benzene rings is 3. The zero-order valence-corrected chi connectivity index (χ0v) is 21.3. The molecule has 0 spiro atoms. The minimum Gasteiger partial charge on any atom is -0.364 e. The van der Waals surface area contributed by atoms with Crippen LogP contribution >= 0.6 is 46.8 Å². The lowest BCUT2D eigenvalue weighted by atomic mass is 9.88. The number of piperidine rings is 1. The molecule has 0 bridgehead atoms. The molecule has 2 unspecified atom stereocenters. The van der Waals surface area contributed by atoms with Crippen molar-refractivity contribution in [3.63, 3.8) is 0 Å². The number of carbonyl (C=O) groups is 1. The molecule has 3 aromatic rings. The van der Waals surface area contributed by atoms with Gasteiger partial charge in [-0.25, -0.2) is 0 Å². The predicted molar refractivity (Wildman–Crippen MR) is 141 cm³/mol. The van der Waals surface area contributed by atoms with Crippen LogP contribution in [-0.2, 0) is 0 Å². The SMILES string of the molecule is CC(=O)c1ccc(SNCC2CCC(c3ccc(Cl)cc3Cl)N(c3ccc(Cl)cc3)C2)cc1. The normalized spacial score (nSPS) is 18.4. The van der Waals surface area contributed by atoms with E-state index in [1.54, 1.807) is 18.9 Å². The molecule has 1 N–H and O–H groups in total. The fourth-order valence-electron chi connectivity index (χ4n) is 4.23. The second-order valence-corrected chi connectivity index (χ2v) is 10.5. The van der Waals surface area contributed by atoms with Gasteiger partial charge in [0.1, 0.15) is 0 Å². The Balaban J connectivity index is 1.45. The van der Waals surface area contributed by atoms with Gasteiger partial charge in [0.05, 0.1) is 6.04 Å². The molecule has 1 aliphatic rings. The second-order valence-electron chi connectivity index (χ2n) is 8.28. The van der Waals surface area contributed by atoms with Crippen molar-refractivity contribution in [2.24, 2.45) is 5.92 Å². The first kappa shape index (κ1) is 24.4. The van der Waals surface area contributed by atoms with Gasteiger partial charge in [0, 0.05) is 44.3 Å². The number of halogens is 3. The summed E-state index contributed by atoms with van der Waals surface area (Å²) in [5, 5.41) is 2.07. The van der Waals surface area contributed by atoms with Gasteiger partial charge in [-0.1, -0.05) is 53.0 Å². The van der Waals surface area contributed by atoms with Crippen molar-refractivity contribution in [1.82, 2.24) is 4.72 Å². The van der Waals surface area contributed by atoms with Gasteiger partial charge in [-0.15, -0.1) is 0 Å². The maximum atomic E-state index is 11.5. The molecule has 1 saturated heterocycles. The summed E-state index contributed by atoms with van der Waals surface area (Å²) in [5.41, 5.74) is 2.96. The molecule has 33 heavy (non-hydrogen) atoms. The number of carbonyl (C=O) groups excluding carboxylic acids is 1. The van der Waals surface area contributed by atoms with Gasteiger partial charge < -0.3 is 4.90 Å². The van der Waals surface area contributed by atoms with E-state index in [0.717, 1.165) is 52.7 Å². The quantitative estimate of drug-likeness (QED) is 0.252. The monoisotopic (exact) mass is 518 g/mol. The molecule has 3 aromatic carbocycles. The number of Topliss-reactive ketones (excluding diaryl/α,β-unsaturated/α-hetero) is 1. The van der Waals surface area contributed by atoms with E-state index in [0.29, 0.717) is 16.0 Å². The molecule has 0 radical (unpaired) electrons. The fourth-order valence-corrected chi connectivity index (χ4v) is 5.64. The Morgan fingerprint density at radius 3 is 2.33 bits per heavy atom. The molecule has 3 nitrogen and oxygen atoms in total. The Morgan fingerprint density at radius 1 is 0.970 bits per heavy atom. The molecule has 1 aliphatic heterocycles. The molecule has 2 atom stereocenters. The van der Waals surface area contributed by atoms with Gasteiger partial charge in [0.25, 0.3) is 0 Å². The van der Waals surface area contributed by atoms with Crippen LogP contribution in [0.4, 0.5) is 5.69 Å². The van der Waals surface area contributed by atoms with E-state index in [4.69, 9.17) is 34.8 Å². The van der Waals surface area contributed by atoms with Gasteiger partial charge in [-0.3, -0.25) is 9.52 Å². The Morgan fingerprint density at radius 2 is 1.67 bits per heavy atom. The van der Waals surface area contributed by atoms with E-state index in [2.05, 4.69) is 21.8 Å². The zero-order valence-electron chi connectivity index (χ0n) is 18.2. The van der Waals surface area contributed by atoms with Crippen molar-refractivity contribution in [3.05, 3.63) is 92.9 Å². The second kappa shape index (κ2) is 11.2. The van der Waals surface area contributed by atoms with E-state index in [1.807, 2.05) is 54.6 Å². The minimum absolute atomic E-state index is 0.0827. The van der Waals surface area contributed by atoms with Gasteiger partial charge in [-0.05, 0) is 91.7 Å². The van der Waals surface area contributed by atoms with E-state index in [-0.39, 0.29) is 11.8 Å². The highest BCUT2D eigenvalue weighted by Crippen LogP contribution is 2.40. The van der Waals surface area contributed by atoms with Crippen LogP contribution in [0.3, 0.4) is 0 Å². The first-order chi connectivity index (χ1) is 15.9. The summed E-state index contributed by atoms with van der Waals surface area (Å²) < 4.78 is 3.52. The third kappa shape index (κ3) is 6.26. The van der Waals surface area contributed by atoms with Crippen molar-refractivity contribution in [1.29, 1.82) is 0 Å². The number of nitrogens with one attached hydrogen (secondary N) is 1. The number of hydrogen-bond donors (Lipinski definition) is 1. The Kier molecular flexibility index (Phi) is 8.26. The van der Waals surface area contributed by atoms with Gasteiger partial charge >= 0.3 is 0 Å². The largest absolute Gasteiger partial charge is 0.364 e. The standard InChI is InChI=1S/C26H25Cl3N2OS/c1-17(32)19-3-10-23(11-4-19)33-30-15-18-2-13-26(24-12-7-21(28)14-25(24)29)31(16-18)22-8-5-20(27)6-9-22/h3-12,14,18,26,30H,2,13,15-16H2,1H3. The lowest BCUT2D eigenvalue weighted by Crippen LogP contribution is -2.41. The molecule has 0 amide bonds. The third-order valence-corrected chi connectivity index (χ3v) is 7.62. The van der Waals surface area contributed by atoms with Crippen molar-refractivity contribution in [3.8, 4) is 0 Å². The van der Waals surface area contributed by atoms with Crippen LogP contribution in [-0.4, -0.2) is 18.9 Å². The van der Waals surface area contributed by atoms with Crippen LogP contribution in [0.2, 0.25) is 15.1 Å². The van der Waals surface area contributed by atoms with Crippen LogP contribution < -0.4 is 9.62 Å². The molecule has 4 rings (SSSR count). The highest BCUT2D eigenvalue weighted by atomic mass is 35.5. The first-order valence-corrected chi connectivity index (χ1v) is 12.8. The van der Waals surface area contributed by atoms with Crippen molar-refractivity contribution < 1.29 is 4.79 Å². The highest BCUT2D eigenvalue weighted by molar-refractivity contribution is 7.97. The van der Waals surface area contributed by atoms with Crippen molar-refractivity contribution in [2.75, 3.05) is 18.0 Å². The van der Waals surface area contributed by atoms with E-state index >= 15 is 0 Å². The van der Waals surface area contributed by atoms with Crippen LogP contribution in [0, 0.1) is 5.92 Å². The lowest BCUT2D eigenvalue weighted by molar-refractivity contribution is 0.101. The Labute approximate surface area is 214 Å². The maximum absolute atomic E-state index is 11.5. The summed E-state index contributed by atoms with van der Waals surface area (Å²) in [6.45, 7) is 3.37. The minimum atomic E-state index is 0.0827. The number of anilines is 1. The topological polar surface area (TPSA) is 32.3 Å². The number of ketones is 1. The number of hydrogen-bond acceptors (Lipinski definition) is 4. The molecule has 1 heterocycles. The summed E-state index contributed by atoms with van der Waals surface area (Å²) in [7, 11) is 0. The molecule has 0 aromatic heterocycles. The maximum Gasteiger partial charge on any atom is 0.159 e. The lowest BCUT2D eigenvalue weighted by Gasteiger charge is -2.42. The summed E-state index contributed by atoms with van der Waals surface area (Å²) in [4.78, 5) is 15.0. The van der Waals surface area contributed by atoms with Gasteiger partial charge in [0.2, 0.25) is 0 Å². The molecule has 7 heteroatoms. The predicted octanol–water partition coefficient (Wildman–Crippen LogP) is 8.10. The Hall–Kier alpha value is -1.69. The van der Waals surface area contributed by atoms with Crippen LogP contribution in [0.5, 0.6) is 0 Å². The first-order valence-electron chi connectivity index (χ1n) is 10.9. The number of rotatable bonds is 7. The average molecular weight is 520 g/mol. The average Bonchev–Trinajstić information content (AvgIpc) is 2.80. The summed E-state index contributed by atoms with van der Waals surface area (Å²) >= 11 is 20.5. The molecular formula is C26H25Cl3N2OS. The smallest absolute Gasteiger partial charge is 0.159 e. The summed E-state index contributed by atoms with van der Waals surface area (Å²) in [6, 6.07) is 21.6. The molecule has 1 fully saturated rings. The molecule has 0 aliphatic carbocycles. The Bertz CT molecular complexity index is 1110. The third-order valence-electron chi connectivity index (χ3n) is 5.98. The molecule has 172 valence electrons. The van der Waals surface area contributed by atoms with Gasteiger partial charge in [0.15, 0.2) is 5.78 Å². The van der Waals surface area contributed by atoms with Crippen molar-refractivity contribution >= 4 is 58.2 Å². The van der Waals surface area contributed by atoms with Crippen molar-refractivity contribution in [2.45, 2.75) is 30.7 Å². The fraction of sp³-hybridized carbons (Fsp3) is 0.269. The highest BCUT2D eigenvalue weighted by Gasteiger charge is 2.30. The zero-order chi connectivity index (χ0) is 23.4. The van der Waals surface area contributed by atoms with E-state index < -0.39 is 0 Å². The summed E-state index contributed by atoms with van der Waals surface area (Å²) in [5.74, 6) is 0.561. The van der Waals surface area contributed by atoms with Crippen LogP contribution in [0.25, 0.3) is 0 Å². The van der Waals surface area contributed by atoms with E-state index in [1.165, 1.54) is 0 Å².